The number of hydrazine groups is 1. The van der Waals surface area contributed by atoms with Crippen LogP contribution in [-0.4, -0.2) is 42.9 Å². The molecule has 0 unspecified atom stereocenters. The zero-order valence-corrected chi connectivity index (χ0v) is 10.3. The molecule has 94 valence electrons. The van der Waals surface area contributed by atoms with Crippen LogP contribution in [0, 0.1) is 0 Å². The molecule has 1 saturated heterocycles. The average Bonchev–Trinajstić information content (AvgIpc) is 2.33. The number of hydrogen-bond acceptors (Lipinski definition) is 6. The first-order valence-corrected chi connectivity index (χ1v) is 7.25. The number of nitrogens with zero attached hydrogens (tertiary/aromatic N) is 2. The van der Waals surface area contributed by atoms with Crippen molar-refractivity contribution in [3.8, 4) is 0 Å². The Kier molecular flexibility index (Phi) is 3.60. The maximum atomic E-state index is 11.3. The van der Waals surface area contributed by atoms with Gasteiger partial charge in [-0.25, -0.2) is 19.2 Å². The third-order valence-electron chi connectivity index (χ3n) is 2.82. The van der Waals surface area contributed by atoms with Crippen molar-refractivity contribution in [2.45, 2.75) is 6.54 Å². The molecule has 0 amide bonds. The molecule has 0 bridgehead atoms. The minimum Gasteiger partial charge on any atom is -0.308 e. The van der Waals surface area contributed by atoms with Gasteiger partial charge in [-0.2, -0.15) is 0 Å². The van der Waals surface area contributed by atoms with Gasteiger partial charge in [0.2, 0.25) is 0 Å². The highest BCUT2D eigenvalue weighted by Gasteiger charge is 2.21. The molecule has 7 heteroatoms. The Morgan fingerprint density at radius 1 is 1.35 bits per heavy atom. The van der Waals surface area contributed by atoms with Crippen LogP contribution in [0.15, 0.2) is 18.3 Å². The van der Waals surface area contributed by atoms with E-state index >= 15 is 0 Å². The summed E-state index contributed by atoms with van der Waals surface area (Å²) in [5.74, 6) is 6.35. The molecule has 0 saturated carbocycles. The van der Waals surface area contributed by atoms with E-state index in [2.05, 4.69) is 15.3 Å². The summed E-state index contributed by atoms with van der Waals surface area (Å²) >= 11 is 0. The molecule has 3 N–H and O–H groups in total. The van der Waals surface area contributed by atoms with Crippen LogP contribution in [0.1, 0.15) is 5.56 Å². The Hall–Kier alpha value is -1.18. The van der Waals surface area contributed by atoms with Gasteiger partial charge >= 0.3 is 0 Å². The summed E-state index contributed by atoms with van der Waals surface area (Å²) in [4.78, 5) is 6.23. The number of anilines is 1. The lowest BCUT2D eigenvalue weighted by molar-refractivity contribution is 0.287. The summed E-state index contributed by atoms with van der Waals surface area (Å²) in [6, 6.07) is 3.74. The molecule has 1 aliphatic rings. The summed E-state index contributed by atoms with van der Waals surface area (Å²) in [5.41, 5.74) is 3.52. The SMILES string of the molecule is NNc1ccc(CN2CCS(=O)(=O)CC2)cn1. The monoisotopic (exact) mass is 256 g/mol. The van der Waals surface area contributed by atoms with Gasteiger partial charge in [0, 0.05) is 25.8 Å². The van der Waals surface area contributed by atoms with Gasteiger partial charge in [-0.3, -0.25) is 4.90 Å². The fraction of sp³-hybridized carbons (Fsp3) is 0.500. The van der Waals surface area contributed by atoms with Crippen molar-refractivity contribution in [3.05, 3.63) is 23.9 Å². The van der Waals surface area contributed by atoms with E-state index in [1.807, 2.05) is 6.07 Å². The summed E-state index contributed by atoms with van der Waals surface area (Å²) in [5, 5.41) is 0. The van der Waals surface area contributed by atoms with Crippen molar-refractivity contribution in [1.82, 2.24) is 9.88 Å². The molecule has 1 aromatic heterocycles. The van der Waals surface area contributed by atoms with Crippen molar-refractivity contribution >= 4 is 15.7 Å². The minimum absolute atomic E-state index is 0.253. The molecule has 0 aromatic carbocycles. The van der Waals surface area contributed by atoms with Crippen molar-refractivity contribution in [2.75, 3.05) is 30.0 Å². The van der Waals surface area contributed by atoms with E-state index in [1.54, 1.807) is 12.3 Å². The van der Waals surface area contributed by atoms with Crippen LogP contribution in [0.3, 0.4) is 0 Å². The maximum absolute atomic E-state index is 11.3. The van der Waals surface area contributed by atoms with E-state index in [0.717, 1.165) is 12.1 Å². The van der Waals surface area contributed by atoms with E-state index in [4.69, 9.17) is 5.84 Å². The predicted octanol–water partition coefficient (Wildman–Crippen LogP) is -0.402. The summed E-state index contributed by atoms with van der Waals surface area (Å²) < 4.78 is 22.5. The summed E-state index contributed by atoms with van der Waals surface area (Å²) in [6.45, 7) is 1.92. The van der Waals surface area contributed by atoms with Crippen molar-refractivity contribution in [1.29, 1.82) is 0 Å². The van der Waals surface area contributed by atoms with Gasteiger partial charge in [-0.05, 0) is 11.6 Å². The molecule has 2 heterocycles. The van der Waals surface area contributed by atoms with Gasteiger partial charge in [0.05, 0.1) is 11.5 Å². The first-order chi connectivity index (χ1) is 8.09. The molecule has 6 nitrogen and oxygen atoms in total. The number of hydrogen-bond donors (Lipinski definition) is 2. The molecule has 0 radical (unpaired) electrons. The zero-order chi connectivity index (χ0) is 12.3. The number of nitrogens with two attached hydrogens (primary N) is 1. The Morgan fingerprint density at radius 3 is 2.59 bits per heavy atom. The third-order valence-corrected chi connectivity index (χ3v) is 4.43. The quantitative estimate of drug-likeness (QED) is 0.565. The van der Waals surface area contributed by atoms with E-state index in [9.17, 15) is 8.42 Å². The number of pyridine rings is 1. The fourth-order valence-corrected chi connectivity index (χ4v) is 3.05. The van der Waals surface area contributed by atoms with Crippen LogP contribution in [0.25, 0.3) is 0 Å². The number of sulfone groups is 1. The average molecular weight is 256 g/mol. The lowest BCUT2D eigenvalue weighted by Crippen LogP contribution is -2.39. The van der Waals surface area contributed by atoms with E-state index in [1.165, 1.54) is 0 Å². The van der Waals surface area contributed by atoms with Gasteiger partial charge in [-0.1, -0.05) is 6.07 Å². The normalized spacial score (nSPS) is 20.1. The van der Waals surface area contributed by atoms with Gasteiger partial charge in [0.25, 0.3) is 0 Å². The van der Waals surface area contributed by atoms with Crippen molar-refractivity contribution < 1.29 is 8.42 Å². The lowest BCUT2D eigenvalue weighted by atomic mass is 10.2. The molecule has 17 heavy (non-hydrogen) atoms. The van der Waals surface area contributed by atoms with E-state index in [0.29, 0.717) is 18.9 Å². The van der Waals surface area contributed by atoms with Crippen molar-refractivity contribution in [2.24, 2.45) is 5.84 Å². The Bertz CT molecular complexity index is 458. The highest BCUT2D eigenvalue weighted by Crippen LogP contribution is 2.10. The molecule has 0 spiro atoms. The highest BCUT2D eigenvalue weighted by molar-refractivity contribution is 7.91. The van der Waals surface area contributed by atoms with Crippen LogP contribution >= 0.6 is 0 Å². The number of aromatic nitrogens is 1. The maximum Gasteiger partial charge on any atom is 0.152 e. The van der Waals surface area contributed by atoms with Crippen LogP contribution in [0.4, 0.5) is 5.82 Å². The smallest absolute Gasteiger partial charge is 0.152 e. The van der Waals surface area contributed by atoms with Gasteiger partial charge in [0.1, 0.15) is 5.82 Å². The zero-order valence-electron chi connectivity index (χ0n) is 9.46. The molecule has 2 rings (SSSR count). The molecule has 0 atom stereocenters. The predicted molar refractivity (Wildman–Crippen MR) is 66.0 cm³/mol. The van der Waals surface area contributed by atoms with E-state index in [-0.39, 0.29) is 11.5 Å². The molecule has 1 aliphatic heterocycles. The Labute approximate surface area is 101 Å². The number of rotatable bonds is 3. The molecular weight excluding hydrogens is 240 g/mol. The standard InChI is InChI=1S/C10H16N4O2S/c11-13-10-2-1-9(7-12-10)8-14-3-5-17(15,16)6-4-14/h1-2,7H,3-6,8,11H2,(H,12,13). The van der Waals surface area contributed by atoms with Crippen LogP contribution < -0.4 is 11.3 Å². The summed E-state index contributed by atoms with van der Waals surface area (Å²) in [6.07, 6.45) is 1.75. The number of nitrogens with one attached hydrogen (secondary N) is 1. The molecule has 1 aromatic rings. The number of nitrogen functional groups attached to an aromatic ring is 1. The second-order valence-electron chi connectivity index (χ2n) is 4.12. The van der Waals surface area contributed by atoms with Gasteiger partial charge < -0.3 is 5.43 Å². The van der Waals surface area contributed by atoms with Crippen LogP contribution in [-0.2, 0) is 16.4 Å². The van der Waals surface area contributed by atoms with Crippen LogP contribution in [0.5, 0.6) is 0 Å². The first-order valence-electron chi connectivity index (χ1n) is 5.43. The fourth-order valence-electron chi connectivity index (χ4n) is 1.77. The van der Waals surface area contributed by atoms with Gasteiger partial charge in [0.15, 0.2) is 9.84 Å². The Balaban J connectivity index is 1.93. The van der Waals surface area contributed by atoms with Gasteiger partial charge in [-0.15, -0.1) is 0 Å². The second kappa shape index (κ2) is 4.99. The van der Waals surface area contributed by atoms with Crippen LogP contribution in [0.2, 0.25) is 0 Å². The Morgan fingerprint density at radius 2 is 2.06 bits per heavy atom. The lowest BCUT2D eigenvalue weighted by Gasteiger charge is -2.26. The highest BCUT2D eigenvalue weighted by atomic mass is 32.2. The molecule has 0 aliphatic carbocycles. The minimum atomic E-state index is -2.80. The third kappa shape index (κ3) is 3.39. The van der Waals surface area contributed by atoms with Crippen molar-refractivity contribution in [3.63, 3.8) is 0 Å². The summed E-state index contributed by atoms with van der Waals surface area (Å²) in [7, 11) is -2.80. The molecule has 1 fully saturated rings. The van der Waals surface area contributed by atoms with E-state index < -0.39 is 9.84 Å². The second-order valence-corrected chi connectivity index (χ2v) is 6.43. The topological polar surface area (TPSA) is 88.3 Å². The first kappa shape index (κ1) is 12.3. The largest absolute Gasteiger partial charge is 0.308 e. The molecular formula is C10H16N4O2S.